The van der Waals surface area contributed by atoms with E-state index in [1.165, 1.54) is 18.2 Å². The summed E-state index contributed by atoms with van der Waals surface area (Å²) in [5.41, 5.74) is 0.265. The lowest BCUT2D eigenvalue weighted by Crippen LogP contribution is -2.47. The molecule has 0 aromatic heterocycles. The third kappa shape index (κ3) is 3.83. The van der Waals surface area contributed by atoms with E-state index in [0.29, 0.717) is 10.8 Å². The van der Waals surface area contributed by atoms with Gasteiger partial charge in [0.2, 0.25) is 6.10 Å². The molecule has 2 aromatic carbocycles. The van der Waals surface area contributed by atoms with E-state index in [9.17, 15) is 18.0 Å². The van der Waals surface area contributed by atoms with Crippen molar-refractivity contribution in [1.82, 2.24) is 0 Å². The zero-order chi connectivity index (χ0) is 19.1. The summed E-state index contributed by atoms with van der Waals surface area (Å²) >= 11 is 12.0. The zero-order valence-electron chi connectivity index (χ0n) is 12.9. The van der Waals surface area contributed by atoms with Crippen molar-refractivity contribution in [2.75, 3.05) is 0 Å². The zero-order valence-corrected chi connectivity index (χ0v) is 14.4. The van der Waals surface area contributed by atoms with E-state index in [1.807, 2.05) is 0 Å². The third-order valence-corrected chi connectivity index (χ3v) is 4.37. The fourth-order valence-electron chi connectivity index (χ4n) is 2.66. The summed E-state index contributed by atoms with van der Waals surface area (Å²) in [4.78, 5) is 11.2. The summed E-state index contributed by atoms with van der Waals surface area (Å²) in [6.07, 6.45) is -7.63. The summed E-state index contributed by atoms with van der Waals surface area (Å²) < 4.78 is 50.0. The SMILES string of the molecule is O=C(O)C1Cc2cc(Cl)c(Oc3cccc(Cl)c3)cc2OC1C(F)(F)F. The Bertz CT molecular complexity index is 854. The first-order valence-corrected chi connectivity index (χ1v) is 8.13. The van der Waals surface area contributed by atoms with Crippen molar-refractivity contribution >= 4 is 29.2 Å². The number of carboxylic acids is 1. The number of hydrogen-bond acceptors (Lipinski definition) is 3. The van der Waals surface area contributed by atoms with Gasteiger partial charge in [-0.3, -0.25) is 4.79 Å². The first-order valence-electron chi connectivity index (χ1n) is 7.37. The van der Waals surface area contributed by atoms with Gasteiger partial charge in [0, 0.05) is 11.1 Å². The Kier molecular flexibility index (Phi) is 4.94. The van der Waals surface area contributed by atoms with Crippen LogP contribution in [0, 0.1) is 5.92 Å². The van der Waals surface area contributed by atoms with Crippen LogP contribution in [0.1, 0.15) is 5.56 Å². The van der Waals surface area contributed by atoms with E-state index in [0.717, 1.165) is 0 Å². The van der Waals surface area contributed by atoms with Gasteiger partial charge in [-0.2, -0.15) is 13.2 Å². The summed E-state index contributed by atoms with van der Waals surface area (Å²) in [6, 6.07) is 8.94. The molecule has 1 heterocycles. The average Bonchev–Trinajstić information content (AvgIpc) is 2.53. The van der Waals surface area contributed by atoms with Crippen LogP contribution in [0.25, 0.3) is 0 Å². The average molecular weight is 407 g/mol. The number of fused-ring (bicyclic) bond motifs is 1. The van der Waals surface area contributed by atoms with Gasteiger partial charge < -0.3 is 14.6 Å². The van der Waals surface area contributed by atoms with E-state index in [1.54, 1.807) is 18.2 Å². The Morgan fingerprint density at radius 3 is 2.58 bits per heavy atom. The van der Waals surface area contributed by atoms with E-state index < -0.39 is 24.2 Å². The van der Waals surface area contributed by atoms with Crippen molar-refractivity contribution in [2.24, 2.45) is 5.92 Å². The number of alkyl halides is 3. The minimum Gasteiger partial charge on any atom is -0.481 e. The van der Waals surface area contributed by atoms with Crippen LogP contribution in [0.15, 0.2) is 36.4 Å². The van der Waals surface area contributed by atoms with Crippen LogP contribution in [-0.2, 0) is 11.2 Å². The van der Waals surface area contributed by atoms with Crippen molar-refractivity contribution in [1.29, 1.82) is 0 Å². The van der Waals surface area contributed by atoms with Crippen molar-refractivity contribution < 1.29 is 32.5 Å². The standard InChI is InChI=1S/C17H11Cl2F3O4/c18-9-2-1-3-10(6-9)25-14-7-13-8(5-12(14)19)4-11(16(23)24)15(26-13)17(20,21)22/h1-3,5-7,11,15H,4H2,(H,23,24). The molecule has 26 heavy (non-hydrogen) atoms. The van der Waals surface area contributed by atoms with Crippen LogP contribution in [-0.4, -0.2) is 23.4 Å². The maximum atomic E-state index is 13.2. The first-order chi connectivity index (χ1) is 12.1. The van der Waals surface area contributed by atoms with Gasteiger partial charge in [-0.05, 0) is 36.2 Å². The third-order valence-electron chi connectivity index (χ3n) is 3.84. The molecule has 138 valence electrons. The van der Waals surface area contributed by atoms with E-state index in [4.69, 9.17) is 37.8 Å². The molecule has 9 heteroatoms. The maximum absolute atomic E-state index is 13.2. The molecule has 1 N–H and O–H groups in total. The highest BCUT2D eigenvalue weighted by molar-refractivity contribution is 6.32. The molecule has 0 amide bonds. The number of carbonyl (C=O) groups is 1. The van der Waals surface area contributed by atoms with Crippen LogP contribution in [0.2, 0.25) is 10.0 Å². The molecule has 0 saturated heterocycles. The monoisotopic (exact) mass is 406 g/mol. The van der Waals surface area contributed by atoms with Crippen molar-refractivity contribution in [2.45, 2.75) is 18.7 Å². The molecule has 4 nitrogen and oxygen atoms in total. The number of hydrogen-bond donors (Lipinski definition) is 1. The Morgan fingerprint density at radius 1 is 1.23 bits per heavy atom. The van der Waals surface area contributed by atoms with Gasteiger partial charge >= 0.3 is 12.1 Å². The molecule has 0 bridgehead atoms. The second kappa shape index (κ2) is 6.89. The topological polar surface area (TPSA) is 55.8 Å². The Hall–Kier alpha value is -2.12. The second-order valence-corrected chi connectivity index (χ2v) is 6.52. The molecule has 3 rings (SSSR count). The number of carboxylic acid groups (broad SMARTS) is 1. The number of halogens is 5. The minimum absolute atomic E-state index is 0.0717. The number of benzene rings is 2. The maximum Gasteiger partial charge on any atom is 0.426 e. The number of ether oxygens (including phenoxy) is 2. The van der Waals surface area contributed by atoms with E-state index in [-0.39, 0.29) is 28.5 Å². The summed E-state index contributed by atoms with van der Waals surface area (Å²) in [7, 11) is 0. The van der Waals surface area contributed by atoms with Crippen LogP contribution >= 0.6 is 23.2 Å². The fourth-order valence-corrected chi connectivity index (χ4v) is 3.06. The normalized spacial score (nSPS) is 19.4. The minimum atomic E-state index is -4.83. The molecule has 2 unspecified atom stereocenters. The number of aliphatic carboxylic acids is 1. The van der Waals surface area contributed by atoms with Crippen molar-refractivity contribution in [3.63, 3.8) is 0 Å². The smallest absolute Gasteiger partial charge is 0.426 e. The molecule has 1 aliphatic rings. The fraction of sp³-hybridized carbons (Fsp3) is 0.235. The van der Waals surface area contributed by atoms with Crippen molar-refractivity contribution in [3.05, 3.63) is 52.0 Å². The van der Waals surface area contributed by atoms with Crippen LogP contribution < -0.4 is 9.47 Å². The molecular formula is C17H11Cl2F3O4. The first kappa shape index (κ1) is 18.7. The van der Waals surface area contributed by atoms with Gasteiger partial charge in [-0.25, -0.2) is 0 Å². The van der Waals surface area contributed by atoms with Crippen LogP contribution in [0.3, 0.4) is 0 Å². The molecule has 0 radical (unpaired) electrons. The molecular weight excluding hydrogens is 396 g/mol. The molecule has 2 aromatic rings. The van der Waals surface area contributed by atoms with E-state index in [2.05, 4.69) is 0 Å². The molecule has 0 saturated carbocycles. The quantitative estimate of drug-likeness (QED) is 0.745. The highest BCUT2D eigenvalue weighted by atomic mass is 35.5. The van der Waals surface area contributed by atoms with Crippen molar-refractivity contribution in [3.8, 4) is 17.2 Å². The van der Waals surface area contributed by atoms with Gasteiger partial charge in [0.1, 0.15) is 23.2 Å². The predicted octanol–water partition coefficient (Wildman–Crippen LogP) is 5.35. The van der Waals surface area contributed by atoms with Gasteiger partial charge in [0.25, 0.3) is 0 Å². The summed E-state index contributed by atoms with van der Waals surface area (Å²) in [5.74, 6) is -3.05. The lowest BCUT2D eigenvalue weighted by Gasteiger charge is -2.32. The Labute approximate surface area is 156 Å². The van der Waals surface area contributed by atoms with E-state index >= 15 is 0 Å². The Morgan fingerprint density at radius 2 is 1.96 bits per heavy atom. The Balaban J connectivity index is 1.96. The molecule has 2 atom stereocenters. The lowest BCUT2D eigenvalue weighted by atomic mass is 9.90. The number of rotatable bonds is 3. The summed E-state index contributed by atoms with van der Waals surface area (Å²) in [6.45, 7) is 0. The summed E-state index contributed by atoms with van der Waals surface area (Å²) in [5, 5.41) is 9.62. The highest BCUT2D eigenvalue weighted by Crippen LogP contribution is 2.43. The van der Waals surface area contributed by atoms with Crippen LogP contribution in [0.4, 0.5) is 13.2 Å². The lowest BCUT2D eigenvalue weighted by molar-refractivity contribution is -0.217. The second-order valence-electron chi connectivity index (χ2n) is 5.68. The predicted molar refractivity (Wildman–Crippen MR) is 88.3 cm³/mol. The molecule has 1 aliphatic heterocycles. The molecule has 0 aliphatic carbocycles. The van der Waals surface area contributed by atoms with Gasteiger partial charge in [0.15, 0.2) is 0 Å². The molecule has 0 spiro atoms. The van der Waals surface area contributed by atoms with Gasteiger partial charge in [-0.1, -0.05) is 29.3 Å². The van der Waals surface area contributed by atoms with Gasteiger partial charge in [0.05, 0.1) is 5.02 Å². The van der Waals surface area contributed by atoms with Crippen LogP contribution in [0.5, 0.6) is 17.2 Å². The highest BCUT2D eigenvalue weighted by Gasteiger charge is 2.52. The largest absolute Gasteiger partial charge is 0.481 e. The molecule has 0 fully saturated rings. The van der Waals surface area contributed by atoms with Gasteiger partial charge in [-0.15, -0.1) is 0 Å².